The Morgan fingerprint density at radius 2 is 1.60 bits per heavy atom. The normalized spacial score (nSPS) is 10.9. The van der Waals surface area contributed by atoms with Crippen molar-refractivity contribution in [3.63, 3.8) is 0 Å². The third-order valence-corrected chi connectivity index (χ3v) is 5.02. The molecule has 0 aliphatic heterocycles. The van der Waals surface area contributed by atoms with Gasteiger partial charge in [0.1, 0.15) is 5.69 Å². The number of esters is 1. The maximum absolute atomic E-state index is 12.7. The van der Waals surface area contributed by atoms with Gasteiger partial charge in [-0.15, -0.1) is 0 Å². The first-order chi connectivity index (χ1) is 14.5. The molecule has 0 saturated heterocycles. The van der Waals surface area contributed by atoms with Crippen molar-refractivity contribution in [3.05, 3.63) is 47.3 Å². The first-order valence-corrected chi connectivity index (χ1v) is 9.60. The maximum Gasteiger partial charge on any atom is 0.355 e. The Morgan fingerprint density at radius 3 is 2.13 bits per heavy atom. The quantitative estimate of drug-likeness (QED) is 0.514. The minimum atomic E-state index is -0.370. The number of carbonyl (C=O) groups is 1. The van der Waals surface area contributed by atoms with Crippen molar-refractivity contribution >= 4 is 11.5 Å². The molecular weight excluding hydrogens is 386 g/mol. The van der Waals surface area contributed by atoms with Crippen LogP contribution >= 0.6 is 0 Å². The zero-order valence-corrected chi connectivity index (χ0v) is 18.2. The summed E-state index contributed by atoms with van der Waals surface area (Å²) in [7, 11) is 6.36. The fraction of sp³-hybridized carbons (Fsp3) is 0.348. The summed E-state index contributed by atoms with van der Waals surface area (Å²) in [6, 6.07) is 7.78. The maximum atomic E-state index is 12.7. The fourth-order valence-electron chi connectivity index (χ4n) is 3.57. The molecular formula is C23H27NO6. The van der Waals surface area contributed by atoms with E-state index in [9.17, 15) is 4.79 Å². The average Bonchev–Trinajstić information content (AvgIpc) is 3.16. The molecule has 3 rings (SSSR count). The molecule has 7 heteroatoms. The van der Waals surface area contributed by atoms with Crippen molar-refractivity contribution in [2.45, 2.75) is 20.5 Å². The fourth-order valence-corrected chi connectivity index (χ4v) is 3.57. The summed E-state index contributed by atoms with van der Waals surface area (Å²) in [5.74, 6) is 1.27. The van der Waals surface area contributed by atoms with Gasteiger partial charge in [-0.25, -0.2) is 4.79 Å². The molecule has 2 heterocycles. The largest absolute Gasteiger partial charge is 0.493 e. The summed E-state index contributed by atoms with van der Waals surface area (Å²) in [5.41, 5.74) is 4.87. The number of benzene rings is 1. The van der Waals surface area contributed by atoms with E-state index in [-0.39, 0.29) is 5.97 Å². The summed E-state index contributed by atoms with van der Waals surface area (Å²) in [4.78, 5) is 12.7. The Hall–Kier alpha value is -3.19. The first-order valence-electron chi connectivity index (χ1n) is 9.60. The zero-order valence-electron chi connectivity index (χ0n) is 18.2. The van der Waals surface area contributed by atoms with Crippen molar-refractivity contribution in [1.82, 2.24) is 4.40 Å². The number of methoxy groups -OCH3 is 4. The molecule has 0 radical (unpaired) electrons. The van der Waals surface area contributed by atoms with Gasteiger partial charge >= 0.3 is 5.97 Å². The van der Waals surface area contributed by atoms with E-state index in [0.29, 0.717) is 36.2 Å². The summed E-state index contributed by atoms with van der Waals surface area (Å²) < 4.78 is 28.9. The molecule has 0 saturated carbocycles. The van der Waals surface area contributed by atoms with Gasteiger partial charge in [0.05, 0.1) is 34.5 Å². The van der Waals surface area contributed by atoms with Crippen LogP contribution in [0.25, 0.3) is 16.6 Å². The third kappa shape index (κ3) is 3.80. The van der Waals surface area contributed by atoms with Gasteiger partial charge in [-0.05, 0) is 54.8 Å². The van der Waals surface area contributed by atoms with Crippen LogP contribution in [0.1, 0.15) is 28.5 Å². The van der Waals surface area contributed by atoms with Gasteiger partial charge in [-0.1, -0.05) is 0 Å². The van der Waals surface area contributed by atoms with E-state index in [1.807, 2.05) is 41.8 Å². The molecule has 0 aliphatic carbocycles. The van der Waals surface area contributed by atoms with Gasteiger partial charge < -0.3 is 28.1 Å². The van der Waals surface area contributed by atoms with Crippen LogP contribution in [-0.2, 0) is 16.1 Å². The lowest BCUT2D eigenvalue weighted by Gasteiger charge is -2.14. The van der Waals surface area contributed by atoms with Crippen LogP contribution in [0, 0.1) is 6.92 Å². The van der Waals surface area contributed by atoms with E-state index in [4.69, 9.17) is 23.7 Å². The molecule has 0 unspecified atom stereocenters. The Bertz CT molecular complexity index is 1040. The van der Waals surface area contributed by atoms with Crippen LogP contribution in [0.5, 0.6) is 17.2 Å². The molecule has 3 aromatic rings. The second-order valence-electron chi connectivity index (χ2n) is 6.73. The molecule has 2 aromatic heterocycles. The number of hydrogen-bond donors (Lipinski definition) is 0. The second kappa shape index (κ2) is 9.09. The molecule has 30 heavy (non-hydrogen) atoms. The molecule has 0 aliphatic rings. The highest BCUT2D eigenvalue weighted by atomic mass is 16.5. The average molecular weight is 413 g/mol. The number of ether oxygens (including phenoxy) is 5. The van der Waals surface area contributed by atoms with Crippen molar-refractivity contribution in [3.8, 4) is 28.4 Å². The van der Waals surface area contributed by atoms with Crippen LogP contribution in [0.2, 0.25) is 0 Å². The summed E-state index contributed by atoms with van der Waals surface area (Å²) in [5, 5.41) is 0. The van der Waals surface area contributed by atoms with E-state index in [2.05, 4.69) is 0 Å². The van der Waals surface area contributed by atoms with E-state index >= 15 is 0 Å². The van der Waals surface area contributed by atoms with Gasteiger partial charge in [0, 0.05) is 24.4 Å². The lowest BCUT2D eigenvalue weighted by atomic mass is 10.1. The summed E-state index contributed by atoms with van der Waals surface area (Å²) in [6.07, 6.45) is 1.91. The SMILES string of the molecule is CCOC(=O)c1c(C)c(COC)cc2cc(-c3cc(OC)c(OC)c(OC)c3)cn12. The van der Waals surface area contributed by atoms with Gasteiger partial charge in [0.25, 0.3) is 0 Å². The van der Waals surface area contributed by atoms with Gasteiger partial charge in [-0.2, -0.15) is 0 Å². The molecule has 0 bridgehead atoms. The van der Waals surface area contributed by atoms with Crippen LogP contribution < -0.4 is 14.2 Å². The van der Waals surface area contributed by atoms with Gasteiger partial charge in [0.15, 0.2) is 11.5 Å². The van der Waals surface area contributed by atoms with Crippen molar-refractivity contribution in [2.75, 3.05) is 35.0 Å². The molecule has 1 aromatic carbocycles. The zero-order chi connectivity index (χ0) is 21.8. The van der Waals surface area contributed by atoms with Crippen molar-refractivity contribution < 1.29 is 28.5 Å². The highest BCUT2D eigenvalue weighted by Gasteiger charge is 2.20. The molecule has 0 N–H and O–H groups in total. The Morgan fingerprint density at radius 1 is 0.933 bits per heavy atom. The third-order valence-electron chi connectivity index (χ3n) is 5.02. The van der Waals surface area contributed by atoms with Crippen LogP contribution in [0.3, 0.4) is 0 Å². The smallest absolute Gasteiger partial charge is 0.355 e. The topological polar surface area (TPSA) is 67.6 Å². The number of nitrogens with zero attached hydrogens (tertiary/aromatic N) is 1. The first kappa shape index (κ1) is 21.5. The van der Waals surface area contributed by atoms with Crippen molar-refractivity contribution in [1.29, 1.82) is 0 Å². The summed E-state index contributed by atoms with van der Waals surface area (Å²) in [6.45, 7) is 4.40. The summed E-state index contributed by atoms with van der Waals surface area (Å²) >= 11 is 0. The highest BCUT2D eigenvalue weighted by molar-refractivity contribution is 5.91. The molecule has 160 valence electrons. The number of pyridine rings is 1. The molecule has 7 nitrogen and oxygen atoms in total. The lowest BCUT2D eigenvalue weighted by molar-refractivity contribution is 0.0516. The minimum absolute atomic E-state index is 0.301. The predicted octanol–water partition coefficient (Wildman–Crippen LogP) is 4.26. The highest BCUT2D eigenvalue weighted by Crippen LogP contribution is 2.41. The molecule has 0 fully saturated rings. The number of rotatable bonds is 8. The van der Waals surface area contributed by atoms with E-state index in [1.165, 1.54) is 0 Å². The van der Waals surface area contributed by atoms with Gasteiger partial charge in [0.2, 0.25) is 5.75 Å². The monoisotopic (exact) mass is 413 g/mol. The molecule has 0 amide bonds. The predicted molar refractivity (Wildman–Crippen MR) is 114 cm³/mol. The number of fused-ring (bicyclic) bond motifs is 1. The van der Waals surface area contributed by atoms with E-state index < -0.39 is 0 Å². The Labute approximate surface area is 176 Å². The van der Waals surface area contributed by atoms with Crippen molar-refractivity contribution in [2.24, 2.45) is 0 Å². The van der Waals surface area contributed by atoms with E-state index in [0.717, 1.165) is 27.8 Å². The standard InChI is InChI=1S/C23H27NO6/c1-7-30-23(25)21-14(2)17(13-26-3)9-18-8-16(12-24(18)21)15-10-19(27-4)22(29-6)20(11-15)28-5/h8-12H,7,13H2,1-6H3. The Balaban J connectivity index is 2.24. The molecule has 0 atom stereocenters. The Kier molecular flexibility index (Phi) is 6.52. The second-order valence-corrected chi connectivity index (χ2v) is 6.73. The number of aromatic nitrogens is 1. The van der Waals surface area contributed by atoms with Crippen LogP contribution in [0.15, 0.2) is 30.5 Å². The molecule has 0 spiro atoms. The van der Waals surface area contributed by atoms with Crippen LogP contribution in [-0.4, -0.2) is 45.4 Å². The number of hydrogen-bond acceptors (Lipinski definition) is 6. The lowest BCUT2D eigenvalue weighted by Crippen LogP contribution is -2.14. The van der Waals surface area contributed by atoms with Gasteiger partial charge in [-0.3, -0.25) is 0 Å². The van der Waals surface area contributed by atoms with Crippen LogP contribution in [0.4, 0.5) is 0 Å². The minimum Gasteiger partial charge on any atom is -0.493 e. The number of carbonyl (C=O) groups excluding carboxylic acids is 1. The van der Waals surface area contributed by atoms with E-state index in [1.54, 1.807) is 35.4 Å².